The van der Waals surface area contributed by atoms with Crippen LogP contribution in [0, 0.1) is 0 Å². The Morgan fingerprint density at radius 3 is 1.92 bits per heavy atom. The van der Waals surface area contributed by atoms with E-state index < -0.39 is 12.6 Å². The highest BCUT2D eigenvalue weighted by Gasteiger charge is 2.21. The van der Waals surface area contributed by atoms with Crippen LogP contribution in [0.4, 0.5) is 0 Å². The Balaban J connectivity index is 2.15. The number of Topliss-reactive ketones (excluding diaryl/α,β-unsaturated/α-hetero) is 1. The molecule has 6 nitrogen and oxygen atoms in total. The molecule has 0 N–H and O–H groups in total. The Labute approximate surface area is 139 Å². The van der Waals surface area contributed by atoms with Crippen molar-refractivity contribution in [1.29, 1.82) is 0 Å². The number of para-hydroxylation sites is 1. The molecule has 0 aliphatic heterocycles. The summed E-state index contributed by atoms with van der Waals surface area (Å²) in [6.07, 6.45) is 0. The molecule has 0 bridgehead atoms. The number of benzene rings is 2. The average molecular weight is 330 g/mol. The van der Waals surface area contributed by atoms with E-state index in [0.29, 0.717) is 22.8 Å². The van der Waals surface area contributed by atoms with E-state index in [1.54, 1.807) is 42.5 Å². The monoisotopic (exact) mass is 330 g/mol. The summed E-state index contributed by atoms with van der Waals surface area (Å²) < 4.78 is 20.6. The van der Waals surface area contributed by atoms with Gasteiger partial charge in [0.2, 0.25) is 5.78 Å². The second kappa shape index (κ2) is 8.01. The Bertz CT molecular complexity index is 716. The first-order valence-corrected chi connectivity index (χ1v) is 7.16. The van der Waals surface area contributed by atoms with Gasteiger partial charge in [-0.3, -0.25) is 4.79 Å². The molecule has 0 aromatic heterocycles. The Morgan fingerprint density at radius 2 is 1.33 bits per heavy atom. The summed E-state index contributed by atoms with van der Waals surface area (Å²) in [5, 5.41) is 0. The highest BCUT2D eigenvalue weighted by atomic mass is 16.5. The molecular formula is C18H18O6. The van der Waals surface area contributed by atoms with Gasteiger partial charge in [0.15, 0.2) is 6.61 Å². The zero-order valence-corrected chi connectivity index (χ0v) is 13.7. The van der Waals surface area contributed by atoms with Gasteiger partial charge in [0.25, 0.3) is 0 Å². The van der Waals surface area contributed by atoms with Gasteiger partial charge in [-0.05, 0) is 24.3 Å². The summed E-state index contributed by atoms with van der Waals surface area (Å²) in [7, 11) is 4.34. The van der Waals surface area contributed by atoms with Crippen LogP contribution in [0.2, 0.25) is 0 Å². The topological polar surface area (TPSA) is 71.1 Å². The average Bonchev–Trinajstić information content (AvgIpc) is 2.64. The van der Waals surface area contributed by atoms with Crippen LogP contribution < -0.4 is 14.2 Å². The van der Waals surface area contributed by atoms with E-state index in [0.717, 1.165) is 0 Å². The number of carbonyl (C=O) groups excluding carboxylic acids is 2. The largest absolute Gasteiger partial charge is 0.496 e. The lowest BCUT2D eigenvalue weighted by Gasteiger charge is -2.12. The van der Waals surface area contributed by atoms with Crippen molar-refractivity contribution in [2.24, 2.45) is 0 Å². The lowest BCUT2D eigenvalue weighted by atomic mass is 10.1. The molecule has 2 aromatic carbocycles. The first-order valence-electron chi connectivity index (χ1n) is 7.16. The molecule has 126 valence electrons. The molecule has 0 heterocycles. The maximum Gasteiger partial charge on any atom is 0.346 e. The summed E-state index contributed by atoms with van der Waals surface area (Å²) in [6.45, 7) is -0.416. The number of rotatable bonds is 7. The highest BCUT2D eigenvalue weighted by molar-refractivity contribution is 6.02. The predicted octanol–water partition coefficient (Wildman–Crippen LogP) is 2.75. The Hall–Kier alpha value is -3.02. The summed E-state index contributed by atoms with van der Waals surface area (Å²) in [5.41, 5.74) is 0.482. The minimum atomic E-state index is -0.701. The number of hydrogen-bond donors (Lipinski definition) is 0. The smallest absolute Gasteiger partial charge is 0.346 e. The maximum atomic E-state index is 12.3. The molecule has 0 fully saturated rings. The Morgan fingerprint density at radius 1 is 0.792 bits per heavy atom. The number of ether oxygens (including phenoxy) is 4. The molecule has 0 radical (unpaired) electrons. The molecule has 0 amide bonds. The fraction of sp³-hybridized carbons (Fsp3) is 0.222. The van der Waals surface area contributed by atoms with Gasteiger partial charge in [0.05, 0.1) is 26.9 Å². The summed E-state index contributed by atoms with van der Waals surface area (Å²) >= 11 is 0. The van der Waals surface area contributed by atoms with Crippen molar-refractivity contribution in [1.82, 2.24) is 0 Å². The lowest BCUT2D eigenvalue weighted by molar-refractivity contribution is 0.0467. The van der Waals surface area contributed by atoms with Crippen molar-refractivity contribution >= 4 is 11.8 Å². The molecule has 2 aromatic rings. The Kier molecular flexibility index (Phi) is 5.78. The third-order valence-corrected chi connectivity index (χ3v) is 3.37. The van der Waals surface area contributed by atoms with E-state index >= 15 is 0 Å². The minimum Gasteiger partial charge on any atom is -0.496 e. The summed E-state index contributed by atoms with van der Waals surface area (Å²) in [4.78, 5) is 24.6. The van der Waals surface area contributed by atoms with E-state index in [2.05, 4.69) is 0 Å². The molecule has 6 heteroatoms. The number of methoxy groups -OCH3 is 3. The second-order valence-corrected chi connectivity index (χ2v) is 4.74. The van der Waals surface area contributed by atoms with Gasteiger partial charge in [-0.2, -0.15) is 0 Å². The van der Waals surface area contributed by atoms with E-state index in [9.17, 15) is 9.59 Å². The van der Waals surface area contributed by atoms with Gasteiger partial charge < -0.3 is 18.9 Å². The van der Waals surface area contributed by atoms with E-state index in [-0.39, 0.29) is 11.3 Å². The SMILES string of the molecule is COc1ccccc1C(=O)COC(=O)c1c(OC)cccc1OC. The van der Waals surface area contributed by atoms with E-state index in [1.165, 1.54) is 21.3 Å². The number of hydrogen-bond acceptors (Lipinski definition) is 6. The van der Waals surface area contributed by atoms with Gasteiger partial charge in [-0.15, -0.1) is 0 Å². The van der Waals surface area contributed by atoms with Crippen LogP contribution in [0.1, 0.15) is 20.7 Å². The van der Waals surface area contributed by atoms with Crippen LogP contribution in [0.5, 0.6) is 17.2 Å². The molecule has 0 atom stereocenters. The molecule has 2 rings (SSSR count). The van der Waals surface area contributed by atoms with Gasteiger partial charge in [-0.25, -0.2) is 4.79 Å². The van der Waals surface area contributed by atoms with Crippen LogP contribution in [0.25, 0.3) is 0 Å². The van der Waals surface area contributed by atoms with Crippen molar-refractivity contribution in [3.05, 3.63) is 53.6 Å². The van der Waals surface area contributed by atoms with Crippen molar-refractivity contribution in [2.75, 3.05) is 27.9 Å². The summed E-state index contributed by atoms with van der Waals surface area (Å²) in [5.74, 6) is -0.0242. The van der Waals surface area contributed by atoms with E-state index in [1.807, 2.05) is 0 Å². The molecule has 0 aliphatic rings. The van der Waals surface area contributed by atoms with Crippen molar-refractivity contribution < 1.29 is 28.5 Å². The fourth-order valence-electron chi connectivity index (χ4n) is 2.21. The van der Waals surface area contributed by atoms with Crippen LogP contribution in [0.15, 0.2) is 42.5 Å². The minimum absolute atomic E-state index is 0.135. The molecule has 0 saturated heterocycles. The normalized spacial score (nSPS) is 9.96. The van der Waals surface area contributed by atoms with Crippen LogP contribution in [-0.4, -0.2) is 39.7 Å². The third-order valence-electron chi connectivity index (χ3n) is 3.37. The van der Waals surface area contributed by atoms with Gasteiger partial charge >= 0.3 is 5.97 Å². The van der Waals surface area contributed by atoms with E-state index in [4.69, 9.17) is 18.9 Å². The van der Waals surface area contributed by atoms with Crippen molar-refractivity contribution in [3.63, 3.8) is 0 Å². The van der Waals surface area contributed by atoms with Crippen LogP contribution in [-0.2, 0) is 4.74 Å². The fourth-order valence-corrected chi connectivity index (χ4v) is 2.21. The van der Waals surface area contributed by atoms with Gasteiger partial charge in [0.1, 0.15) is 22.8 Å². The predicted molar refractivity (Wildman–Crippen MR) is 87.2 cm³/mol. The third kappa shape index (κ3) is 3.65. The summed E-state index contributed by atoms with van der Waals surface area (Å²) in [6, 6.07) is 11.6. The van der Waals surface area contributed by atoms with Crippen LogP contribution in [0.3, 0.4) is 0 Å². The van der Waals surface area contributed by atoms with Crippen molar-refractivity contribution in [2.45, 2.75) is 0 Å². The lowest BCUT2D eigenvalue weighted by Crippen LogP contribution is -2.16. The first kappa shape index (κ1) is 17.3. The van der Waals surface area contributed by atoms with Crippen molar-refractivity contribution in [3.8, 4) is 17.2 Å². The maximum absolute atomic E-state index is 12.3. The van der Waals surface area contributed by atoms with Gasteiger partial charge in [0, 0.05) is 0 Å². The standard InChI is InChI=1S/C18H18O6/c1-21-14-8-5-4-7-12(14)13(19)11-24-18(20)17-15(22-2)9-6-10-16(17)23-3/h4-10H,11H2,1-3H3. The molecular weight excluding hydrogens is 312 g/mol. The zero-order chi connectivity index (χ0) is 17.5. The number of ketones is 1. The molecule has 0 aliphatic carbocycles. The number of carbonyl (C=O) groups is 2. The zero-order valence-electron chi connectivity index (χ0n) is 13.7. The highest BCUT2D eigenvalue weighted by Crippen LogP contribution is 2.29. The molecule has 0 unspecified atom stereocenters. The first-order chi connectivity index (χ1) is 11.6. The quantitative estimate of drug-likeness (QED) is 0.574. The molecule has 24 heavy (non-hydrogen) atoms. The molecule has 0 spiro atoms. The second-order valence-electron chi connectivity index (χ2n) is 4.74. The van der Waals surface area contributed by atoms with Gasteiger partial charge in [-0.1, -0.05) is 18.2 Å². The number of esters is 1. The molecule has 0 saturated carbocycles. The van der Waals surface area contributed by atoms with Crippen LogP contribution >= 0.6 is 0 Å².